The van der Waals surface area contributed by atoms with Gasteiger partial charge in [0.05, 0.1) is 11.7 Å². The van der Waals surface area contributed by atoms with Crippen LogP contribution in [0.1, 0.15) is 17.2 Å². The van der Waals surface area contributed by atoms with Crippen LogP contribution in [-0.2, 0) is 0 Å². The van der Waals surface area contributed by atoms with E-state index in [1.165, 1.54) is 0 Å². The topological polar surface area (TPSA) is 82.1 Å². The number of aliphatic hydroxyl groups excluding tert-OH is 1. The highest BCUT2D eigenvalue weighted by Crippen LogP contribution is 2.20. The van der Waals surface area contributed by atoms with Crippen molar-refractivity contribution in [2.24, 2.45) is 0 Å². The summed E-state index contributed by atoms with van der Waals surface area (Å²) in [5, 5.41) is 25.7. The first-order valence-corrected chi connectivity index (χ1v) is 6.38. The van der Waals surface area contributed by atoms with Crippen molar-refractivity contribution in [3.8, 4) is 6.07 Å². The third kappa shape index (κ3) is 2.80. The summed E-state index contributed by atoms with van der Waals surface area (Å²) in [5.74, 6) is 0. The molecule has 2 aromatic rings. The average Bonchev–Trinajstić information content (AvgIpc) is 2.91. The van der Waals surface area contributed by atoms with E-state index < -0.39 is 6.10 Å². The van der Waals surface area contributed by atoms with Gasteiger partial charge in [-0.3, -0.25) is 0 Å². The highest BCUT2D eigenvalue weighted by Gasteiger charge is 2.07. The predicted molar refractivity (Wildman–Crippen MR) is 73.3 cm³/mol. The number of nitrogens with two attached hydrogens (primary N) is 1. The lowest BCUT2D eigenvalue weighted by atomic mass is 10.1. The molecule has 1 atom stereocenters. The van der Waals surface area contributed by atoms with E-state index in [1.807, 2.05) is 22.9 Å². The molecule has 0 aliphatic heterocycles. The third-order valence-corrected chi connectivity index (χ3v) is 3.30. The van der Waals surface area contributed by atoms with E-state index in [2.05, 4.69) is 5.32 Å². The van der Waals surface area contributed by atoms with Gasteiger partial charge in [-0.25, -0.2) is 0 Å². The van der Waals surface area contributed by atoms with E-state index in [9.17, 15) is 5.11 Å². The third-order valence-electron chi connectivity index (χ3n) is 2.60. The molecule has 1 heterocycles. The van der Waals surface area contributed by atoms with E-state index >= 15 is 0 Å². The largest absolute Gasteiger partial charge is 0.398 e. The molecule has 0 saturated heterocycles. The number of aliphatic hydroxyl groups is 1. The summed E-state index contributed by atoms with van der Waals surface area (Å²) in [6.07, 6.45) is -0.556. The van der Waals surface area contributed by atoms with Gasteiger partial charge in [-0.1, -0.05) is 0 Å². The van der Waals surface area contributed by atoms with Crippen LogP contribution < -0.4 is 11.1 Å². The van der Waals surface area contributed by atoms with Crippen LogP contribution in [-0.4, -0.2) is 11.7 Å². The molecule has 0 bridgehead atoms. The summed E-state index contributed by atoms with van der Waals surface area (Å²) in [7, 11) is 0. The zero-order valence-corrected chi connectivity index (χ0v) is 10.4. The Morgan fingerprint density at radius 2 is 2.28 bits per heavy atom. The highest BCUT2D eigenvalue weighted by molar-refractivity contribution is 7.07. The summed E-state index contributed by atoms with van der Waals surface area (Å²) in [6, 6.07) is 9.06. The first-order chi connectivity index (χ1) is 8.70. The average molecular weight is 259 g/mol. The second kappa shape index (κ2) is 5.54. The lowest BCUT2D eigenvalue weighted by Crippen LogP contribution is -2.11. The molecule has 1 unspecified atom stereocenters. The van der Waals surface area contributed by atoms with Gasteiger partial charge in [0.2, 0.25) is 0 Å². The van der Waals surface area contributed by atoms with Gasteiger partial charge in [-0.2, -0.15) is 16.6 Å². The van der Waals surface area contributed by atoms with Crippen LogP contribution >= 0.6 is 11.3 Å². The number of nitrogens with one attached hydrogen (secondary N) is 1. The van der Waals surface area contributed by atoms with Crippen molar-refractivity contribution >= 4 is 22.7 Å². The first kappa shape index (κ1) is 12.4. The number of thiophene rings is 1. The summed E-state index contributed by atoms with van der Waals surface area (Å²) in [6.45, 7) is 0.394. The van der Waals surface area contributed by atoms with Crippen LogP contribution in [0.3, 0.4) is 0 Å². The molecule has 0 aliphatic carbocycles. The van der Waals surface area contributed by atoms with Crippen LogP contribution in [0.4, 0.5) is 11.4 Å². The van der Waals surface area contributed by atoms with Gasteiger partial charge in [0, 0.05) is 17.9 Å². The summed E-state index contributed by atoms with van der Waals surface area (Å²) >= 11 is 1.55. The molecule has 4 N–H and O–H groups in total. The molecule has 0 aliphatic rings. The minimum atomic E-state index is -0.556. The Labute approximate surface area is 109 Å². The van der Waals surface area contributed by atoms with Crippen LogP contribution in [0.25, 0.3) is 0 Å². The predicted octanol–water partition coefficient (Wildman–Crippen LogP) is 2.35. The molecule has 0 spiro atoms. The number of anilines is 2. The van der Waals surface area contributed by atoms with Gasteiger partial charge in [0.25, 0.3) is 0 Å². The second-order valence-corrected chi connectivity index (χ2v) is 4.65. The molecule has 0 radical (unpaired) electrons. The maximum absolute atomic E-state index is 9.91. The second-order valence-electron chi connectivity index (χ2n) is 3.87. The Kier molecular flexibility index (Phi) is 3.82. The number of nitriles is 1. The minimum absolute atomic E-state index is 0.394. The number of hydrogen-bond donors (Lipinski definition) is 3. The fraction of sp³-hybridized carbons (Fsp3) is 0.154. The van der Waals surface area contributed by atoms with Crippen LogP contribution in [0, 0.1) is 11.3 Å². The molecule has 5 heteroatoms. The van der Waals surface area contributed by atoms with Gasteiger partial charge < -0.3 is 16.2 Å². The van der Waals surface area contributed by atoms with Crippen molar-refractivity contribution < 1.29 is 5.11 Å². The molecular weight excluding hydrogens is 246 g/mol. The molecular formula is C13H13N3OS. The van der Waals surface area contributed by atoms with Crippen molar-refractivity contribution in [2.75, 3.05) is 17.6 Å². The standard InChI is InChI=1S/C13H13N3OS/c14-6-10-5-11(1-2-12(10)15)16-7-13(17)9-3-4-18-8-9/h1-5,8,13,16-17H,7,15H2. The number of rotatable bonds is 4. The smallest absolute Gasteiger partial charge is 0.101 e. The highest BCUT2D eigenvalue weighted by atomic mass is 32.1. The van der Waals surface area contributed by atoms with Crippen LogP contribution in [0.5, 0.6) is 0 Å². The lowest BCUT2D eigenvalue weighted by Gasteiger charge is -2.12. The Balaban J connectivity index is 2.01. The normalized spacial score (nSPS) is 11.8. The summed E-state index contributed by atoms with van der Waals surface area (Å²) < 4.78 is 0. The van der Waals surface area contributed by atoms with Gasteiger partial charge in [-0.05, 0) is 40.6 Å². The Bertz CT molecular complexity index is 560. The van der Waals surface area contributed by atoms with E-state index in [0.717, 1.165) is 11.3 Å². The van der Waals surface area contributed by atoms with Crippen molar-refractivity contribution in [1.29, 1.82) is 5.26 Å². The number of benzene rings is 1. The summed E-state index contributed by atoms with van der Waals surface area (Å²) in [4.78, 5) is 0. The monoisotopic (exact) mass is 259 g/mol. The zero-order valence-electron chi connectivity index (χ0n) is 9.63. The molecule has 1 aromatic carbocycles. The lowest BCUT2D eigenvalue weighted by molar-refractivity contribution is 0.192. The van der Waals surface area contributed by atoms with Crippen molar-refractivity contribution in [1.82, 2.24) is 0 Å². The Hall–Kier alpha value is -2.03. The minimum Gasteiger partial charge on any atom is -0.398 e. The van der Waals surface area contributed by atoms with Crippen LogP contribution in [0.15, 0.2) is 35.0 Å². The fourth-order valence-corrected chi connectivity index (χ4v) is 2.27. The molecule has 0 fully saturated rings. The maximum atomic E-state index is 9.91. The van der Waals surface area contributed by atoms with Gasteiger partial charge in [-0.15, -0.1) is 0 Å². The quantitative estimate of drug-likeness (QED) is 0.736. The van der Waals surface area contributed by atoms with Crippen molar-refractivity contribution in [3.05, 3.63) is 46.2 Å². The van der Waals surface area contributed by atoms with E-state index in [0.29, 0.717) is 17.8 Å². The Morgan fingerprint density at radius 1 is 1.44 bits per heavy atom. The maximum Gasteiger partial charge on any atom is 0.101 e. The van der Waals surface area contributed by atoms with Crippen molar-refractivity contribution in [3.63, 3.8) is 0 Å². The summed E-state index contributed by atoms with van der Waals surface area (Å²) in [5.41, 5.74) is 8.19. The molecule has 1 aromatic heterocycles. The van der Waals surface area contributed by atoms with Crippen LogP contribution in [0.2, 0.25) is 0 Å². The first-order valence-electron chi connectivity index (χ1n) is 5.44. The SMILES string of the molecule is N#Cc1cc(NCC(O)c2ccsc2)ccc1N. The van der Waals surface area contributed by atoms with Gasteiger partial charge in [0.1, 0.15) is 6.07 Å². The number of nitrogen functional groups attached to an aromatic ring is 1. The zero-order chi connectivity index (χ0) is 13.0. The van der Waals surface area contributed by atoms with Gasteiger partial charge in [0.15, 0.2) is 0 Å². The molecule has 4 nitrogen and oxygen atoms in total. The molecule has 0 amide bonds. The van der Waals surface area contributed by atoms with Gasteiger partial charge >= 0.3 is 0 Å². The molecule has 92 valence electrons. The number of hydrogen-bond acceptors (Lipinski definition) is 5. The van der Waals surface area contributed by atoms with E-state index in [-0.39, 0.29) is 0 Å². The fourth-order valence-electron chi connectivity index (χ4n) is 1.56. The van der Waals surface area contributed by atoms with E-state index in [1.54, 1.807) is 29.5 Å². The number of nitrogens with zero attached hydrogens (tertiary/aromatic N) is 1. The van der Waals surface area contributed by atoms with Crippen molar-refractivity contribution in [2.45, 2.75) is 6.10 Å². The molecule has 2 rings (SSSR count). The van der Waals surface area contributed by atoms with E-state index in [4.69, 9.17) is 11.0 Å². The molecule has 18 heavy (non-hydrogen) atoms. The molecule has 0 saturated carbocycles. The Morgan fingerprint density at radius 3 is 2.94 bits per heavy atom.